The number of pyridine rings is 1. The van der Waals surface area contributed by atoms with Crippen LogP contribution in [0.1, 0.15) is 0 Å². The predicted octanol–water partition coefficient (Wildman–Crippen LogP) is 2.72. The van der Waals surface area contributed by atoms with Gasteiger partial charge in [0.1, 0.15) is 17.1 Å². The van der Waals surface area contributed by atoms with Gasteiger partial charge in [0.25, 0.3) is 0 Å². The van der Waals surface area contributed by atoms with E-state index in [0.29, 0.717) is 11.3 Å². The molecule has 4 nitrogen and oxygen atoms in total. The Hall–Kier alpha value is -2.49. The summed E-state index contributed by atoms with van der Waals surface area (Å²) >= 11 is 0. The highest BCUT2D eigenvalue weighted by atomic mass is 16.5. The third kappa shape index (κ3) is 1.68. The van der Waals surface area contributed by atoms with Gasteiger partial charge in [-0.05, 0) is 30.3 Å². The number of rotatable bonds is 2. The molecule has 0 aliphatic carbocycles. The third-order valence-electron chi connectivity index (χ3n) is 2.84. The second-order valence-electron chi connectivity index (χ2n) is 3.98. The van der Waals surface area contributed by atoms with Gasteiger partial charge in [0.15, 0.2) is 0 Å². The fourth-order valence-corrected chi connectivity index (χ4v) is 1.91. The lowest BCUT2D eigenvalue weighted by Crippen LogP contribution is -1.84. The number of methoxy groups -OCH3 is 1. The van der Waals surface area contributed by atoms with Gasteiger partial charge >= 0.3 is 0 Å². The first-order valence-electron chi connectivity index (χ1n) is 5.59. The van der Waals surface area contributed by atoms with E-state index in [4.69, 9.17) is 4.74 Å². The Labute approximate surface area is 104 Å². The van der Waals surface area contributed by atoms with E-state index in [0.717, 1.165) is 11.3 Å². The average Bonchev–Trinajstić information content (AvgIpc) is 2.82. The largest absolute Gasteiger partial charge is 0.507 e. The molecule has 0 saturated heterocycles. The van der Waals surface area contributed by atoms with E-state index in [1.54, 1.807) is 25.3 Å². The number of nitrogens with zero attached hydrogens (tertiary/aromatic N) is 2. The molecule has 0 aliphatic rings. The van der Waals surface area contributed by atoms with E-state index in [9.17, 15) is 5.11 Å². The second-order valence-corrected chi connectivity index (χ2v) is 3.98. The molecule has 1 aromatic carbocycles. The Morgan fingerprint density at radius 2 is 2.11 bits per heavy atom. The highest BCUT2D eigenvalue weighted by molar-refractivity contribution is 5.70. The summed E-state index contributed by atoms with van der Waals surface area (Å²) in [4.78, 5) is 4.47. The summed E-state index contributed by atoms with van der Waals surface area (Å²) in [5.74, 6) is 0.888. The lowest BCUT2D eigenvalue weighted by molar-refractivity contribution is 0.412. The Bertz CT molecular complexity index is 671. The summed E-state index contributed by atoms with van der Waals surface area (Å²) in [5, 5.41) is 9.90. The Kier molecular flexibility index (Phi) is 2.41. The Morgan fingerprint density at radius 3 is 2.89 bits per heavy atom. The van der Waals surface area contributed by atoms with Gasteiger partial charge in [0.05, 0.1) is 12.8 Å². The molecule has 2 aromatic heterocycles. The molecular weight excluding hydrogens is 228 g/mol. The number of fused-ring (bicyclic) bond motifs is 1. The van der Waals surface area contributed by atoms with Crippen molar-refractivity contribution in [3.05, 3.63) is 48.8 Å². The van der Waals surface area contributed by atoms with Crippen LogP contribution in [0.3, 0.4) is 0 Å². The normalized spacial score (nSPS) is 10.7. The van der Waals surface area contributed by atoms with E-state index in [-0.39, 0.29) is 5.75 Å². The molecule has 0 bridgehead atoms. The maximum absolute atomic E-state index is 9.90. The number of aromatic hydroxyl groups is 1. The number of aromatic nitrogens is 2. The molecule has 90 valence electrons. The fourth-order valence-electron chi connectivity index (χ4n) is 1.91. The van der Waals surface area contributed by atoms with Crippen molar-refractivity contribution in [3.63, 3.8) is 0 Å². The zero-order valence-electron chi connectivity index (χ0n) is 9.87. The molecule has 2 heterocycles. The van der Waals surface area contributed by atoms with E-state index < -0.39 is 0 Å². The van der Waals surface area contributed by atoms with Crippen LogP contribution in [0, 0.1) is 0 Å². The quantitative estimate of drug-likeness (QED) is 0.749. The molecule has 0 radical (unpaired) electrons. The first kappa shape index (κ1) is 10.7. The summed E-state index contributed by atoms with van der Waals surface area (Å²) in [7, 11) is 1.60. The van der Waals surface area contributed by atoms with Crippen LogP contribution in [0.5, 0.6) is 11.5 Å². The van der Waals surface area contributed by atoms with Crippen molar-refractivity contribution >= 4 is 5.65 Å². The maximum Gasteiger partial charge on any atom is 0.137 e. The molecule has 0 unspecified atom stereocenters. The minimum Gasteiger partial charge on any atom is -0.507 e. The van der Waals surface area contributed by atoms with Gasteiger partial charge in [-0.15, -0.1) is 0 Å². The second kappa shape index (κ2) is 4.07. The van der Waals surface area contributed by atoms with E-state index in [1.807, 2.05) is 35.0 Å². The molecular formula is C14H12N2O2. The van der Waals surface area contributed by atoms with Crippen LogP contribution in [-0.2, 0) is 0 Å². The number of hydrogen-bond acceptors (Lipinski definition) is 3. The number of hydrogen-bond donors (Lipinski definition) is 1. The zero-order chi connectivity index (χ0) is 12.5. The summed E-state index contributed by atoms with van der Waals surface area (Å²) in [5.41, 5.74) is 2.23. The topological polar surface area (TPSA) is 46.8 Å². The van der Waals surface area contributed by atoms with Crippen LogP contribution in [0.4, 0.5) is 0 Å². The first-order chi connectivity index (χ1) is 8.78. The maximum atomic E-state index is 9.90. The summed E-state index contributed by atoms with van der Waals surface area (Å²) in [6.45, 7) is 0. The average molecular weight is 240 g/mol. The molecule has 1 N–H and O–H groups in total. The van der Waals surface area contributed by atoms with Gasteiger partial charge in [0.2, 0.25) is 0 Å². The van der Waals surface area contributed by atoms with Crippen molar-refractivity contribution in [1.29, 1.82) is 0 Å². The number of benzene rings is 1. The Morgan fingerprint density at radius 1 is 1.22 bits per heavy atom. The van der Waals surface area contributed by atoms with Gasteiger partial charge in [-0.1, -0.05) is 6.07 Å². The van der Waals surface area contributed by atoms with E-state index in [2.05, 4.69) is 4.98 Å². The van der Waals surface area contributed by atoms with Crippen LogP contribution in [0.15, 0.2) is 48.8 Å². The number of phenols is 1. The summed E-state index contributed by atoms with van der Waals surface area (Å²) in [6, 6.07) is 10.9. The predicted molar refractivity (Wildman–Crippen MR) is 68.8 cm³/mol. The molecule has 3 rings (SSSR count). The van der Waals surface area contributed by atoms with Gasteiger partial charge in [-0.2, -0.15) is 0 Å². The standard InChI is InChI=1S/C14H12N2O2/c1-18-10-5-6-13(17)11(8-10)12-9-16-7-3-2-4-14(16)15-12/h2-9,17H,1H3. The van der Waals surface area contributed by atoms with Crippen LogP contribution in [-0.4, -0.2) is 21.6 Å². The van der Waals surface area contributed by atoms with Gasteiger partial charge in [-0.25, -0.2) is 4.98 Å². The molecule has 0 saturated carbocycles. The molecule has 0 aliphatic heterocycles. The summed E-state index contributed by atoms with van der Waals surface area (Å²) < 4.78 is 7.07. The number of ether oxygens (including phenoxy) is 1. The lowest BCUT2D eigenvalue weighted by atomic mass is 10.1. The minimum atomic E-state index is 0.194. The van der Waals surface area contributed by atoms with Crippen molar-refractivity contribution in [2.24, 2.45) is 0 Å². The van der Waals surface area contributed by atoms with Crippen molar-refractivity contribution in [1.82, 2.24) is 9.38 Å². The van der Waals surface area contributed by atoms with Crippen LogP contribution in [0.2, 0.25) is 0 Å². The third-order valence-corrected chi connectivity index (χ3v) is 2.84. The summed E-state index contributed by atoms with van der Waals surface area (Å²) in [6.07, 6.45) is 3.80. The fraction of sp³-hybridized carbons (Fsp3) is 0.0714. The Balaban J connectivity index is 2.19. The zero-order valence-corrected chi connectivity index (χ0v) is 9.87. The van der Waals surface area contributed by atoms with E-state index >= 15 is 0 Å². The van der Waals surface area contributed by atoms with Crippen LogP contribution >= 0.6 is 0 Å². The van der Waals surface area contributed by atoms with Gasteiger partial charge < -0.3 is 14.2 Å². The van der Waals surface area contributed by atoms with Crippen molar-refractivity contribution in [2.75, 3.05) is 7.11 Å². The SMILES string of the molecule is COc1ccc(O)c(-c2cn3ccccc3n2)c1. The molecule has 0 amide bonds. The number of imidazole rings is 1. The highest BCUT2D eigenvalue weighted by Crippen LogP contribution is 2.31. The molecule has 0 fully saturated rings. The molecule has 3 aromatic rings. The van der Waals surface area contributed by atoms with Crippen molar-refractivity contribution in [2.45, 2.75) is 0 Å². The van der Waals surface area contributed by atoms with Crippen LogP contribution in [0.25, 0.3) is 16.9 Å². The molecule has 0 spiro atoms. The van der Waals surface area contributed by atoms with Crippen molar-refractivity contribution < 1.29 is 9.84 Å². The van der Waals surface area contributed by atoms with Crippen LogP contribution < -0.4 is 4.74 Å². The smallest absolute Gasteiger partial charge is 0.137 e. The monoisotopic (exact) mass is 240 g/mol. The first-order valence-corrected chi connectivity index (χ1v) is 5.59. The van der Waals surface area contributed by atoms with Gasteiger partial charge in [0, 0.05) is 18.0 Å². The van der Waals surface area contributed by atoms with Gasteiger partial charge in [-0.3, -0.25) is 0 Å². The van der Waals surface area contributed by atoms with E-state index in [1.165, 1.54) is 0 Å². The molecule has 0 atom stereocenters. The van der Waals surface area contributed by atoms with Crippen molar-refractivity contribution in [3.8, 4) is 22.8 Å². The lowest BCUT2D eigenvalue weighted by Gasteiger charge is -2.04. The highest BCUT2D eigenvalue weighted by Gasteiger charge is 2.09. The minimum absolute atomic E-state index is 0.194. The molecule has 18 heavy (non-hydrogen) atoms. The molecule has 4 heteroatoms. The number of phenolic OH excluding ortho intramolecular Hbond substituents is 1.